The van der Waals surface area contributed by atoms with Gasteiger partial charge in [-0.15, -0.1) is 0 Å². The number of barbiturate groups is 1. The largest absolute Gasteiger partial charge is 0.493 e. The van der Waals surface area contributed by atoms with Gasteiger partial charge in [-0.25, -0.2) is 9.69 Å². The first-order chi connectivity index (χ1) is 18.8. The molecule has 4 aromatic rings. The molecule has 0 saturated carbocycles. The topological polar surface area (TPSA) is 84.9 Å². The number of hydrogen-bond donors (Lipinski definition) is 1. The average molecular weight is 632 g/mol. The van der Waals surface area contributed by atoms with Crippen molar-refractivity contribution in [1.29, 1.82) is 0 Å². The van der Waals surface area contributed by atoms with Gasteiger partial charge < -0.3 is 9.47 Å². The Bertz CT molecular complexity index is 1670. The van der Waals surface area contributed by atoms with Crippen LogP contribution in [0.5, 0.6) is 11.5 Å². The molecule has 1 N–H and O–H groups in total. The van der Waals surface area contributed by atoms with Gasteiger partial charge in [-0.3, -0.25) is 14.9 Å². The third kappa shape index (κ3) is 5.12. The van der Waals surface area contributed by atoms with Crippen molar-refractivity contribution in [2.45, 2.75) is 20.5 Å². The Hall–Kier alpha value is -4.18. The highest BCUT2D eigenvalue weighted by atomic mass is 127. The van der Waals surface area contributed by atoms with E-state index < -0.39 is 17.8 Å². The predicted octanol–water partition coefficient (Wildman–Crippen LogP) is 6.32. The molecular formula is C31H25IN2O5. The standard InChI is InChI=1S/C31H25IN2O5/c1-18-8-6-13-26(19(18)2)34-30(36)24(29(35)33-31(34)37)14-20-15-25(32)28(27(16-20)38-3)39-17-22-11-7-10-21-9-4-5-12-23(21)22/h4-16H,17H2,1-3H3,(H,33,35,37)/b24-14+. The lowest BCUT2D eigenvalue weighted by Crippen LogP contribution is -2.54. The van der Waals surface area contributed by atoms with Crippen LogP contribution in [-0.4, -0.2) is 25.0 Å². The van der Waals surface area contributed by atoms with E-state index in [2.05, 4.69) is 46.1 Å². The predicted molar refractivity (Wildman–Crippen MR) is 159 cm³/mol. The van der Waals surface area contributed by atoms with Crippen molar-refractivity contribution in [3.05, 3.63) is 104 Å². The van der Waals surface area contributed by atoms with E-state index in [0.717, 1.165) is 35.9 Å². The number of urea groups is 1. The minimum Gasteiger partial charge on any atom is -0.493 e. The van der Waals surface area contributed by atoms with Crippen LogP contribution in [0, 0.1) is 17.4 Å². The maximum Gasteiger partial charge on any atom is 0.335 e. The van der Waals surface area contributed by atoms with E-state index in [9.17, 15) is 14.4 Å². The SMILES string of the molecule is COc1cc(/C=C2\C(=O)NC(=O)N(c3cccc(C)c3C)C2=O)cc(I)c1OCc1cccc2ccccc12. The van der Waals surface area contributed by atoms with E-state index in [0.29, 0.717) is 29.4 Å². The van der Waals surface area contributed by atoms with Crippen LogP contribution >= 0.6 is 22.6 Å². The summed E-state index contributed by atoms with van der Waals surface area (Å²) in [6, 6.07) is 22.3. The van der Waals surface area contributed by atoms with Crippen molar-refractivity contribution in [3.8, 4) is 11.5 Å². The molecule has 0 atom stereocenters. The summed E-state index contributed by atoms with van der Waals surface area (Å²) in [5.41, 5.74) is 3.57. The number of fused-ring (bicyclic) bond motifs is 1. The van der Waals surface area contributed by atoms with Gasteiger partial charge in [0.15, 0.2) is 11.5 Å². The summed E-state index contributed by atoms with van der Waals surface area (Å²) < 4.78 is 12.6. The number of aryl methyl sites for hydroxylation is 1. The number of imide groups is 2. The summed E-state index contributed by atoms with van der Waals surface area (Å²) in [6.07, 6.45) is 1.46. The maximum atomic E-state index is 13.4. The lowest BCUT2D eigenvalue weighted by Gasteiger charge is -2.28. The second kappa shape index (κ2) is 10.9. The Morgan fingerprint density at radius 3 is 2.49 bits per heavy atom. The molecule has 1 heterocycles. The zero-order valence-corrected chi connectivity index (χ0v) is 23.7. The first kappa shape index (κ1) is 26.4. The lowest BCUT2D eigenvalue weighted by molar-refractivity contribution is -0.122. The number of amides is 4. The smallest absolute Gasteiger partial charge is 0.335 e. The number of carbonyl (C=O) groups excluding carboxylic acids is 3. The van der Waals surface area contributed by atoms with E-state index in [1.807, 2.05) is 44.2 Å². The lowest BCUT2D eigenvalue weighted by atomic mass is 10.0. The quantitative estimate of drug-likeness (QED) is 0.153. The Kier molecular flexibility index (Phi) is 7.38. The Morgan fingerprint density at radius 1 is 0.949 bits per heavy atom. The van der Waals surface area contributed by atoms with E-state index in [1.165, 1.54) is 13.2 Å². The first-order valence-corrected chi connectivity index (χ1v) is 13.3. The highest BCUT2D eigenvalue weighted by Crippen LogP contribution is 2.36. The summed E-state index contributed by atoms with van der Waals surface area (Å²) in [4.78, 5) is 39.8. The molecule has 0 bridgehead atoms. The maximum absolute atomic E-state index is 13.4. The summed E-state index contributed by atoms with van der Waals surface area (Å²) in [5, 5.41) is 4.53. The molecule has 1 saturated heterocycles. The molecule has 0 aromatic heterocycles. The van der Waals surface area contributed by atoms with Crippen LogP contribution in [0.15, 0.2) is 78.4 Å². The fourth-order valence-electron chi connectivity index (χ4n) is 4.55. The Balaban J connectivity index is 1.46. The molecule has 196 valence electrons. The molecule has 4 amide bonds. The highest BCUT2D eigenvalue weighted by Gasteiger charge is 2.37. The van der Waals surface area contributed by atoms with Crippen molar-refractivity contribution in [3.63, 3.8) is 0 Å². The second-order valence-corrected chi connectivity index (χ2v) is 10.3. The molecule has 8 heteroatoms. The van der Waals surface area contributed by atoms with Crippen LogP contribution in [0.4, 0.5) is 10.5 Å². The minimum atomic E-state index is -0.778. The average Bonchev–Trinajstić information content (AvgIpc) is 2.92. The highest BCUT2D eigenvalue weighted by molar-refractivity contribution is 14.1. The number of benzene rings is 4. The molecule has 0 radical (unpaired) electrons. The van der Waals surface area contributed by atoms with Gasteiger partial charge in [0, 0.05) is 0 Å². The molecule has 39 heavy (non-hydrogen) atoms. The molecule has 1 aliphatic rings. The van der Waals surface area contributed by atoms with Gasteiger partial charge in [0.2, 0.25) is 0 Å². The number of anilines is 1. The van der Waals surface area contributed by atoms with Crippen LogP contribution in [0.25, 0.3) is 16.8 Å². The molecule has 0 aliphatic carbocycles. The molecule has 0 unspecified atom stereocenters. The monoisotopic (exact) mass is 632 g/mol. The fraction of sp³-hybridized carbons (Fsp3) is 0.129. The number of nitrogens with zero attached hydrogens (tertiary/aromatic N) is 1. The number of carbonyl (C=O) groups is 3. The molecule has 0 spiro atoms. The van der Waals surface area contributed by atoms with Crippen LogP contribution in [0.2, 0.25) is 0 Å². The van der Waals surface area contributed by atoms with Gasteiger partial charge in [-0.1, -0.05) is 54.6 Å². The van der Waals surface area contributed by atoms with Crippen LogP contribution in [0.1, 0.15) is 22.3 Å². The van der Waals surface area contributed by atoms with Crippen LogP contribution < -0.4 is 19.7 Å². The van der Waals surface area contributed by atoms with Crippen LogP contribution in [0.3, 0.4) is 0 Å². The number of ether oxygens (including phenoxy) is 2. The van der Waals surface area contributed by atoms with E-state index >= 15 is 0 Å². The first-order valence-electron chi connectivity index (χ1n) is 12.2. The molecule has 4 aromatic carbocycles. The summed E-state index contributed by atoms with van der Waals surface area (Å²) in [7, 11) is 1.53. The van der Waals surface area contributed by atoms with Gasteiger partial charge in [0.05, 0.1) is 16.4 Å². The Labute approximate surface area is 239 Å². The Morgan fingerprint density at radius 2 is 1.69 bits per heavy atom. The summed E-state index contributed by atoms with van der Waals surface area (Å²) in [6.45, 7) is 4.06. The van der Waals surface area contributed by atoms with E-state index in [-0.39, 0.29) is 5.57 Å². The van der Waals surface area contributed by atoms with Crippen molar-refractivity contribution >= 4 is 63.0 Å². The molecular weight excluding hydrogens is 607 g/mol. The van der Waals surface area contributed by atoms with E-state index in [1.54, 1.807) is 24.3 Å². The fourth-order valence-corrected chi connectivity index (χ4v) is 5.33. The van der Waals surface area contributed by atoms with Crippen molar-refractivity contribution in [2.24, 2.45) is 0 Å². The number of hydrogen-bond acceptors (Lipinski definition) is 5. The van der Waals surface area contributed by atoms with E-state index in [4.69, 9.17) is 9.47 Å². The molecule has 1 fully saturated rings. The number of methoxy groups -OCH3 is 1. The summed E-state index contributed by atoms with van der Waals surface area (Å²) in [5.74, 6) is -0.431. The third-order valence-electron chi connectivity index (χ3n) is 6.73. The molecule has 7 nitrogen and oxygen atoms in total. The molecule has 1 aliphatic heterocycles. The number of nitrogens with one attached hydrogen (secondary N) is 1. The minimum absolute atomic E-state index is 0.155. The van der Waals surface area contributed by atoms with Crippen molar-refractivity contribution in [2.75, 3.05) is 12.0 Å². The zero-order valence-electron chi connectivity index (χ0n) is 21.6. The van der Waals surface area contributed by atoms with Gasteiger partial charge in [0.25, 0.3) is 11.8 Å². The van der Waals surface area contributed by atoms with Crippen molar-refractivity contribution < 1.29 is 23.9 Å². The number of halogens is 1. The summed E-state index contributed by atoms with van der Waals surface area (Å²) >= 11 is 2.14. The van der Waals surface area contributed by atoms with Crippen molar-refractivity contribution in [1.82, 2.24) is 5.32 Å². The second-order valence-electron chi connectivity index (χ2n) is 9.14. The van der Waals surface area contributed by atoms with Gasteiger partial charge in [-0.05, 0) is 93.7 Å². The zero-order chi connectivity index (χ0) is 27.7. The van der Waals surface area contributed by atoms with Gasteiger partial charge >= 0.3 is 6.03 Å². The van der Waals surface area contributed by atoms with Gasteiger partial charge in [-0.2, -0.15) is 0 Å². The normalized spacial score (nSPS) is 14.6. The van der Waals surface area contributed by atoms with Gasteiger partial charge in [0.1, 0.15) is 12.2 Å². The molecule has 5 rings (SSSR count). The number of rotatable bonds is 6. The van der Waals surface area contributed by atoms with Crippen LogP contribution in [-0.2, 0) is 16.2 Å². The third-order valence-corrected chi connectivity index (χ3v) is 7.53.